The predicted octanol–water partition coefficient (Wildman–Crippen LogP) is 0.294. The lowest BCUT2D eigenvalue weighted by Gasteiger charge is -2.26. The van der Waals surface area contributed by atoms with Gasteiger partial charge in [0.25, 0.3) is 5.69 Å². The van der Waals surface area contributed by atoms with E-state index in [-0.39, 0.29) is 6.54 Å². The van der Waals surface area contributed by atoms with Gasteiger partial charge in [-0.15, -0.1) is 0 Å². The van der Waals surface area contributed by atoms with Crippen LogP contribution in [-0.4, -0.2) is 68.7 Å². The van der Waals surface area contributed by atoms with Crippen LogP contribution in [0.3, 0.4) is 0 Å². The summed E-state index contributed by atoms with van der Waals surface area (Å²) in [5.74, 6) is -1.67. The molecule has 1 fully saturated rings. The number of rotatable bonds is 8. The SMILES string of the molecule is O=C(O)c1c([N+](=O)[O-])cccc1S(=O)(=O)NCCCN1CCOCC1. The van der Waals surface area contributed by atoms with Gasteiger partial charge in [0.15, 0.2) is 5.56 Å². The first-order valence-electron chi connectivity index (χ1n) is 7.63. The number of nitrogens with one attached hydrogen (secondary N) is 1. The second-order valence-corrected chi connectivity index (χ2v) is 7.15. The van der Waals surface area contributed by atoms with Crippen LogP contribution in [0.1, 0.15) is 16.8 Å². The van der Waals surface area contributed by atoms with Gasteiger partial charge in [0.1, 0.15) is 4.90 Å². The molecular weight excluding hydrogens is 354 g/mol. The number of morpholine rings is 1. The number of nitrogens with zero attached hydrogens (tertiary/aromatic N) is 2. The quantitative estimate of drug-likeness (QED) is 0.377. The summed E-state index contributed by atoms with van der Waals surface area (Å²) < 4.78 is 32.2. The molecule has 0 atom stereocenters. The Labute approximate surface area is 144 Å². The number of hydrogen-bond acceptors (Lipinski definition) is 7. The maximum absolute atomic E-state index is 12.4. The smallest absolute Gasteiger partial charge is 0.344 e. The monoisotopic (exact) mass is 373 g/mol. The molecule has 0 aromatic heterocycles. The average molecular weight is 373 g/mol. The fourth-order valence-electron chi connectivity index (χ4n) is 2.52. The molecular formula is C14H19N3O7S. The van der Waals surface area contributed by atoms with Crippen molar-refractivity contribution in [2.45, 2.75) is 11.3 Å². The van der Waals surface area contributed by atoms with E-state index < -0.39 is 37.1 Å². The minimum Gasteiger partial charge on any atom is -0.477 e. The Morgan fingerprint density at radius 3 is 2.64 bits per heavy atom. The van der Waals surface area contributed by atoms with Crippen molar-refractivity contribution in [3.8, 4) is 0 Å². The Bertz CT molecular complexity index is 745. The second kappa shape index (κ2) is 8.34. The molecule has 2 N–H and O–H groups in total. The fourth-order valence-corrected chi connectivity index (χ4v) is 3.81. The number of carboxylic acid groups (broad SMARTS) is 1. The third-order valence-corrected chi connectivity index (χ3v) is 5.25. The third kappa shape index (κ3) is 4.95. The van der Waals surface area contributed by atoms with E-state index in [2.05, 4.69) is 9.62 Å². The van der Waals surface area contributed by atoms with E-state index >= 15 is 0 Å². The van der Waals surface area contributed by atoms with E-state index in [0.717, 1.165) is 31.3 Å². The van der Waals surface area contributed by atoms with Crippen molar-refractivity contribution >= 4 is 21.7 Å². The highest BCUT2D eigenvalue weighted by molar-refractivity contribution is 7.89. The number of benzene rings is 1. The first kappa shape index (κ1) is 19.2. The van der Waals surface area contributed by atoms with Crippen molar-refractivity contribution in [2.75, 3.05) is 39.4 Å². The normalized spacial score (nSPS) is 15.8. The molecule has 10 nitrogen and oxygen atoms in total. The summed E-state index contributed by atoms with van der Waals surface area (Å²) in [6, 6.07) is 3.15. The predicted molar refractivity (Wildman–Crippen MR) is 87.1 cm³/mol. The lowest BCUT2D eigenvalue weighted by molar-refractivity contribution is -0.385. The number of sulfonamides is 1. The number of hydrogen-bond donors (Lipinski definition) is 2. The molecule has 2 rings (SSSR count). The van der Waals surface area contributed by atoms with Gasteiger partial charge in [-0.3, -0.25) is 15.0 Å². The van der Waals surface area contributed by atoms with Crippen molar-refractivity contribution in [2.24, 2.45) is 0 Å². The van der Waals surface area contributed by atoms with E-state index in [1.54, 1.807) is 0 Å². The van der Waals surface area contributed by atoms with Gasteiger partial charge < -0.3 is 9.84 Å². The van der Waals surface area contributed by atoms with Crippen molar-refractivity contribution in [3.05, 3.63) is 33.9 Å². The molecule has 138 valence electrons. The topological polar surface area (TPSA) is 139 Å². The van der Waals surface area contributed by atoms with Crippen LogP contribution >= 0.6 is 0 Å². The average Bonchev–Trinajstić information content (AvgIpc) is 2.59. The molecule has 1 aliphatic rings. The molecule has 1 saturated heterocycles. The van der Waals surface area contributed by atoms with Crippen LogP contribution in [0.2, 0.25) is 0 Å². The Morgan fingerprint density at radius 2 is 2.04 bits per heavy atom. The van der Waals surface area contributed by atoms with Crippen molar-refractivity contribution in [3.63, 3.8) is 0 Å². The van der Waals surface area contributed by atoms with Crippen molar-refractivity contribution < 1.29 is 28.0 Å². The number of nitro groups is 1. The number of ether oxygens (including phenoxy) is 1. The van der Waals surface area contributed by atoms with Gasteiger partial charge in [0.05, 0.1) is 18.1 Å². The van der Waals surface area contributed by atoms with Gasteiger partial charge in [-0.25, -0.2) is 17.9 Å². The largest absolute Gasteiger partial charge is 0.477 e. The number of aromatic carboxylic acids is 1. The molecule has 0 bridgehead atoms. The van der Waals surface area contributed by atoms with E-state index in [0.29, 0.717) is 26.2 Å². The third-order valence-electron chi connectivity index (χ3n) is 3.75. The first-order valence-corrected chi connectivity index (χ1v) is 9.11. The summed E-state index contributed by atoms with van der Waals surface area (Å²) in [6.07, 6.45) is 0.524. The van der Waals surface area contributed by atoms with Gasteiger partial charge in [0.2, 0.25) is 10.0 Å². The Morgan fingerprint density at radius 1 is 1.36 bits per heavy atom. The maximum atomic E-state index is 12.4. The second-order valence-electron chi connectivity index (χ2n) is 5.42. The molecule has 0 aliphatic carbocycles. The zero-order valence-electron chi connectivity index (χ0n) is 13.4. The summed E-state index contributed by atoms with van der Waals surface area (Å²) in [6.45, 7) is 3.61. The molecule has 1 aliphatic heterocycles. The van der Waals surface area contributed by atoms with Gasteiger partial charge in [-0.05, 0) is 19.0 Å². The van der Waals surface area contributed by atoms with Crippen LogP contribution in [0.5, 0.6) is 0 Å². The Hall–Kier alpha value is -2.08. The fraction of sp³-hybridized carbons (Fsp3) is 0.500. The number of carbonyl (C=O) groups is 1. The molecule has 1 aromatic carbocycles. The van der Waals surface area contributed by atoms with Gasteiger partial charge >= 0.3 is 5.97 Å². The summed E-state index contributed by atoms with van der Waals surface area (Å²) in [4.78, 5) is 22.9. The Balaban J connectivity index is 2.07. The van der Waals surface area contributed by atoms with Crippen LogP contribution in [0.15, 0.2) is 23.1 Å². The number of nitro benzene ring substituents is 1. The van der Waals surface area contributed by atoms with Crippen LogP contribution in [0.4, 0.5) is 5.69 Å². The zero-order chi connectivity index (χ0) is 18.4. The van der Waals surface area contributed by atoms with Gasteiger partial charge in [-0.1, -0.05) is 6.07 Å². The van der Waals surface area contributed by atoms with E-state index in [4.69, 9.17) is 4.74 Å². The van der Waals surface area contributed by atoms with E-state index in [1.165, 1.54) is 0 Å². The van der Waals surface area contributed by atoms with Gasteiger partial charge in [0, 0.05) is 25.7 Å². The van der Waals surface area contributed by atoms with E-state index in [1.807, 2.05) is 0 Å². The minimum atomic E-state index is -4.17. The first-order chi connectivity index (χ1) is 11.8. The highest BCUT2D eigenvalue weighted by Gasteiger charge is 2.30. The summed E-state index contributed by atoms with van der Waals surface area (Å²) in [5.41, 5.74) is -1.60. The lowest BCUT2D eigenvalue weighted by Crippen LogP contribution is -2.38. The van der Waals surface area contributed by atoms with Crippen LogP contribution in [0, 0.1) is 10.1 Å². The lowest BCUT2D eigenvalue weighted by atomic mass is 10.2. The molecule has 1 heterocycles. The molecule has 0 unspecified atom stereocenters. The summed E-state index contributed by atoms with van der Waals surface area (Å²) >= 11 is 0. The zero-order valence-corrected chi connectivity index (χ0v) is 14.2. The van der Waals surface area contributed by atoms with Gasteiger partial charge in [-0.2, -0.15) is 0 Å². The molecule has 0 saturated carbocycles. The van der Waals surface area contributed by atoms with Crippen molar-refractivity contribution in [1.82, 2.24) is 9.62 Å². The van der Waals surface area contributed by atoms with Crippen LogP contribution in [-0.2, 0) is 14.8 Å². The van der Waals surface area contributed by atoms with Crippen LogP contribution < -0.4 is 4.72 Å². The molecule has 1 aromatic rings. The Kier molecular flexibility index (Phi) is 6.42. The molecule has 11 heteroatoms. The highest BCUT2D eigenvalue weighted by Crippen LogP contribution is 2.25. The summed E-state index contributed by atoms with van der Waals surface area (Å²) in [7, 11) is -4.17. The minimum absolute atomic E-state index is 0.0987. The molecule has 0 amide bonds. The van der Waals surface area contributed by atoms with Crippen molar-refractivity contribution in [1.29, 1.82) is 0 Å². The standard InChI is InChI=1S/C14H19N3O7S/c18-14(19)13-11(17(20)21)3-1-4-12(13)25(22,23)15-5-2-6-16-7-9-24-10-8-16/h1,3-4,15H,2,5-10H2,(H,18,19). The molecule has 0 spiro atoms. The highest BCUT2D eigenvalue weighted by atomic mass is 32.2. The van der Waals surface area contributed by atoms with E-state index in [9.17, 15) is 28.4 Å². The molecule has 0 radical (unpaired) electrons. The number of carboxylic acids is 1. The van der Waals surface area contributed by atoms with Crippen LogP contribution in [0.25, 0.3) is 0 Å². The molecule has 25 heavy (non-hydrogen) atoms. The maximum Gasteiger partial charge on any atom is 0.344 e. The summed E-state index contributed by atoms with van der Waals surface area (Å²) in [5, 5.41) is 20.1.